The van der Waals surface area contributed by atoms with Crippen molar-refractivity contribution in [3.63, 3.8) is 0 Å². The summed E-state index contributed by atoms with van der Waals surface area (Å²) >= 11 is 13.4. The van der Waals surface area contributed by atoms with Crippen molar-refractivity contribution in [3.8, 4) is 0 Å². The van der Waals surface area contributed by atoms with Gasteiger partial charge < -0.3 is 20.3 Å². The maximum Gasteiger partial charge on any atom is 0.335 e. The normalized spacial score (nSPS) is 11.8. The van der Waals surface area contributed by atoms with Crippen LogP contribution in [0, 0.1) is 5.92 Å². The van der Waals surface area contributed by atoms with Gasteiger partial charge in [-0.3, -0.25) is 9.59 Å². The third-order valence-electron chi connectivity index (χ3n) is 5.22. The van der Waals surface area contributed by atoms with Gasteiger partial charge in [0.2, 0.25) is 5.91 Å². The lowest BCUT2D eigenvalue weighted by molar-refractivity contribution is -0.113. The molecular weight excluding hydrogens is 525 g/mol. The average molecular weight is 550 g/mol. The molecule has 0 aliphatic rings. The number of carbonyl (C=O) groups is 3. The summed E-state index contributed by atoms with van der Waals surface area (Å²) in [7, 11) is 0. The number of aromatic carboxylic acids is 1. The fourth-order valence-corrected chi connectivity index (χ4v) is 4.68. The molecular formula is C24H25Cl2N5O4S. The number of carbonyl (C=O) groups excluding carboxylic acids is 2. The van der Waals surface area contributed by atoms with Crippen LogP contribution < -0.4 is 10.6 Å². The lowest BCUT2D eigenvalue weighted by atomic mass is 10.0. The van der Waals surface area contributed by atoms with Gasteiger partial charge in [-0.1, -0.05) is 48.8 Å². The molecule has 0 bridgehead atoms. The van der Waals surface area contributed by atoms with Gasteiger partial charge in [0.1, 0.15) is 0 Å². The summed E-state index contributed by atoms with van der Waals surface area (Å²) in [5, 5.41) is 24.5. The molecule has 0 aliphatic heterocycles. The van der Waals surface area contributed by atoms with Gasteiger partial charge in [0.25, 0.3) is 5.91 Å². The van der Waals surface area contributed by atoms with Crippen molar-refractivity contribution < 1.29 is 19.5 Å². The number of amides is 2. The Kier molecular flexibility index (Phi) is 9.36. The Balaban J connectivity index is 1.70. The minimum Gasteiger partial charge on any atom is -0.478 e. The molecule has 0 saturated heterocycles. The van der Waals surface area contributed by atoms with E-state index >= 15 is 0 Å². The first-order valence-electron chi connectivity index (χ1n) is 11.1. The topological polar surface area (TPSA) is 126 Å². The van der Waals surface area contributed by atoms with Crippen LogP contribution in [0.2, 0.25) is 10.0 Å². The Morgan fingerprint density at radius 1 is 1.08 bits per heavy atom. The zero-order chi connectivity index (χ0) is 26.4. The molecule has 0 aliphatic carbocycles. The summed E-state index contributed by atoms with van der Waals surface area (Å²) in [4.78, 5) is 36.3. The molecule has 1 aromatic heterocycles. The number of benzene rings is 2. The molecule has 9 nitrogen and oxygen atoms in total. The highest BCUT2D eigenvalue weighted by Crippen LogP contribution is 2.27. The highest BCUT2D eigenvalue weighted by molar-refractivity contribution is 7.99. The van der Waals surface area contributed by atoms with E-state index < -0.39 is 12.0 Å². The Bertz CT molecular complexity index is 1260. The number of hydrogen-bond acceptors (Lipinski definition) is 6. The molecule has 0 unspecified atom stereocenters. The Labute approximate surface area is 222 Å². The molecule has 3 N–H and O–H groups in total. The SMILES string of the molecule is CCn1c(SCC(=O)Nc2ccc(C(=O)O)cc2)nnc1[C@H](NC(=O)c1ccc(Cl)cc1Cl)C(C)C. The largest absolute Gasteiger partial charge is 0.478 e. The molecule has 3 rings (SSSR count). The lowest BCUT2D eigenvalue weighted by Crippen LogP contribution is -2.34. The molecule has 0 fully saturated rings. The fourth-order valence-electron chi connectivity index (χ4n) is 3.38. The minimum absolute atomic E-state index is 0.00977. The summed E-state index contributed by atoms with van der Waals surface area (Å²) in [5.41, 5.74) is 0.930. The van der Waals surface area contributed by atoms with Crippen molar-refractivity contribution in [2.75, 3.05) is 11.1 Å². The molecule has 0 spiro atoms. The monoisotopic (exact) mass is 549 g/mol. The Morgan fingerprint density at radius 3 is 2.36 bits per heavy atom. The molecule has 1 atom stereocenters. The average Bonchev–Trinajstić information content (AvgIpc) is 3.23. The van der Waals surface area contributed by atoms with E-state index in [2.05, 4.69) is 20.8 Å². The summed E-state index contributed by atoms with van der Waals surface area (Å²) in [6, 6.07) is 10.1. The molecule has 36 heavy (non-hydrogen) atoms. The number of anilines is 1. The van der Waals surface area contributed by atoms with Crippen molar-refractivity contribution in [1.29, 1.82) is 0 Å². The zero-order valence-electron chi connectivity index (χ0n) is 19.8. The van der Waals surface area contributed by atoms with Crippen LogP contribution in [0.5, 0.6) is 0 Å². The summed E-state index contributed by atoms with van der Waals surface area (Å²) in [5.74, 6) is -1.05. The van der Waals surface area contributed by atoms with E-state index in [0.29, 0.717) is 33.8 Å². The third kappa shape index (κ3) is 6.77. The number of thioether (sulfide) groups is 1. The Hall–Kier alpha value is -3.08. The van der Waals surface area contributed by atoms with Crippen molar-refractivity contribution in [2.24, 2.45) is 5.92 Å². The van der Waals surface area contributed by atoms with Gasteiger partial charge in [-0.25, -0.2) is 4.79 Å². The fraction of sp³-hybridized carbons (Fsp3) is 0.292. The van der Waals surface area contributed by atoms with Crippen molar-refractivity contribution >= 4 is 58.4 Å². The van der Waals surface area contributed by atoms with Crippen LogP contribution >= 0.6 is 35.0 Å². The van der Waals surface area contributed by atoms with Crippen LogP contribution in [0.25, 0.3) is 0 Å². The molecule has 3 aromatic rings. The lowest BCUT2D eigenvalue weighted by Gasteiger charge is -2.22. The predicted molar refractivity (Wildman–Crippen MR) is 140 cm³/mol. The van der Waals surface area contributed by atoms with E-state index in [0.717, 1.165) is 0 Å². The van der Waals surface area contributed by atoms with Gasteiger partial charge in [0.15, 0.2) is 11.0 Å². The molecule has 0 radical (unpaired) electrons. The first-order valence-corrected chi connectivity index (χ1v) is 12.8. The molecule has 0 saturated carbocycles. The van der Waals surface area contributed by atoms with Gasteiger partial charge in [-0.15, -0.1) is 10.2 Å². The second-order valence-corrected chi connectivity index (χ2v) is 9.91. The number of nitrogens with one attached hydrogen (secondary N) is 2. The van der Waals surface area contributed by atoms with E-state index in [9.17, 15) is 14.4 Å². The number of hydrogen-bond donors (Lipinski definition) is 3. The first-order chi connectivity index (χ1) is 17.1. The van der Waals surface area contributed by atoms with Gasteiger partial charge in [-0.2, -0.15) is 0 Å². The van der Waals surface area contributed by atoms with Gasteiger partial charge in [0.05, 0.1) is 27.9 Å². The summed E-state index contributed by atoms with van der Waals surface area (Å²) < 4.78 is 1.86. The summed E-state index contributed by atoms with van der Waals surface area (Å²) in [6.45, 7) is 6.37. The predicted octanol–water partition coefficient (Wildman–Crippen LogP) is 5.16. The number of halogens is 2. The number of carboxylic acids is 1. The third-order valence-corrected chi connectivity index (χ3v) is 6.73. The zero-order valence-corrected chi connectivity index (χ0v) is 22.1. The van der Waals surface area contributed by atoms with E-state index in [-0.39, 0.29) is 34.1 Å². The van der Waals surface area contributed by atoms with Gasteiger partial charge in [-0.05, 0) is 55.3 Å². The van der Waals surface area contributed by atoms with E-state index in [1.165, 1.54) is 42.1 Å². The van der Waals surface area contributed by atoms with Crippen LogP contribution in [0.1, 0.15) is 53.4 Å². The van der Waals surface area contributed by atoms with Crippen LogP contribution in [0.3, 0.4) is 0 Å². The highest BCUT2D eigenvalue weighted by Gasteiger charge is 2.27. The minimum atomic E-state index is -1.04. The van der Waals surface area contributed by atoms with Crippen LogP contribution in [0.4, 0.5) is 5.69 Å². The van der Waals surface area contributed by atoms with Crippen molar-refractivity contribution in [1.82, 2.24) is 20.1 Å². The second-order valence-electron chi connectivity index (χ2n) is 8.12. The molecule has 12 heteroatoms. The Morgan fingerprint density at radius 2 is 1.78 bits per heavy atom. The van der Waals surface area contributed by atoms with E-state index in [4.69, 9.17) is 28.3 Å². The van der Waals surface area contributed by atoms with Crippen LogP contribution in [0.15, 0.2) is 47.6 Å². The van der Waals surface area contributed by atoms with Gasteiger partial charge >= 0.3 is 5.97 Å². The maximum atomic E-state index is 12.9. The maximum absolute atomic E-state index is 12.9. The smallest absolute Gasteiger partial charge is 0.335 e. The number of aromatic nitrogens is 3. The second kappa shape index (κ2) is 12.2. The summed E-state index contributed by atoms with van der Waals surface area (Å²) in [6.07, 6.45) is 0. The van der Waals surface area contributed by atoms with Crippen molar-refractivity contribution in [3.05, 3.63) is 69.5 Å². The molecule has 2 aromatic carbocycles. The van der Waals surface area contributed by atoms with E-state index in [1.807, 2.05) is 25.3 Å². The molecule has 190 valence electrons. The van der Waals surface area contributed by atoms with Crippen molar-refractivity contribution in [2.45, 2.75) is 38.5 Å². The number of nitrogens with zero attached hydrogens (tertiary/aromatic N) is 3. The number of carboxylic acid groups (broad SMARTS) is 1. The van der Waals surface area contributed by atoms with E-state index in [1.54, 1.807) is 12.1 Å². The number of rotatable bonds is 10. The highest BCUT2D eigenvalue weighted by atomic mass is 35.5. The van der Waals surface area contributed by atoms with Crippen LogP contribution in [-0.4, -0.2) is 43.4 Å². The van der Waals surface area contributed by atoms with Crippen LogP contribution in [-0.2, 0) is 11.3 Å². The molecule has 1 heterocycles. The first kappa shape index (κ1) is 27.5. The quantitative estimate of drug-likeness (QED) is 0.298. The standard InChI is InChI=1S/C24H25Cl2N5O4S/c1-4-31-21(20(13(2)3)28-22(33)17-10-7-15(25)11-18(17)26)29-30-24(31)36-12-19(32)27-16-8-5-14(6-9-16)23(34)35/h5-11,13,20H,4,12H2,1-3H3,(H,27,32)(H,28,33)(H,34,35)/t20-/m1/s1. The van der Waals surface area contributed by atoms with Gasteiger partial charge in [0, 0.05) is 17.3 Å². The molecule has 2 amide bonds.